The molecule has 0 spiro atoms. The smallest absolute Gasteiger partial charge is 0.171 e. The van der Waals surface area contributed by atoms with E-state index in [0.717, 1.165) is 33.5 Å². The number of benzene rings is 4. The van der Waals surface area contributed by atoms with Crippen molar-refractivity contribution in [1.82, 2.24) is 4.57 Å². The average Bonchev–Trinajstić information content (AvgIpc) is 3.76. The molecule has 6 heteroatoms. The van der Waals surface area contributed by atoms with Crippen LogP contribution in [0.2, 0.25) is 0 Å². The second kappa shape index (κ2) is 7.77. The fourth-order valence-electron chi connectivity index (χ4n) is 6.77. The fraction of sp³-hybridized carbons (Fsp3) is 0.143. The molecular formula is C35H23NO2S3. The third-order valence-corrected chi connectivity index (χ3v) is 12.6. The highest BCUT2D eigenvalue weighted by molar-refractivity contribution is 8.00. The van der Waals surface area contributed by atoms with Gasteiger partial charge in [-0.05, 0) is 68.3 Å². The van der Waals surface area contributed by atoms with Gasteiger partial charge >= 0.3 is 0 Å². The number of fused-ring (bicyclic) bond motifs is 14. The molecule has 2 aliphatic rings. The number of furan rings is 1. The minimum Gasteiger partial charge on any atom is -0.483 e. The van der Waals surface area contributed by atoms with Crippen LogP contribution in [0.25, 0.3) is 58.1 Å². The molecular weight excluding hydrogens is 563 g/mol. The Labute approximate surface area is 247 Å². The SMILES string of the molecule is Cc1ccc(-n2c3c4cc5c(cc4oc3c3sc4cc(C)ccc4c32)C2Sc3c(sc4cc(C)ccc34)C2O5)cc1. The van der Waals surface area contributed by atoms with Gasteiger partial charge in [0.2, 0.25) is 0 Å². The molecule has 6 heterocycles. The number of hydrogen-bond acceptors (Lipinski definition) is 5. The Morgan fingerprint density at radius 3 is 2.24 bits per heavy atom. The van der Waals surface area contributed by atoms with Crippen LogP contribution >= 0.6 is 34.4 Å². The van der Waals surface area contributed by atoms with Gasteiger partial charge in [-0.2, -0.15) is 0 Å². The third-order valence-electron chi connectivity index (χ3n) is 8.72. The van der Waals surface area contributed by atoms with Crippen LogP contribution in [0.5, 0.6) is 5.75 Å². The zero-order valence-electron chi connectivity index (χ0n) is 22.6. The first kappa shape index (κ1) is 22.9. The lowest BCUT2D eigenvalue weighted by molar-refractivity contribution is 0.242. The van der Waals surface area contributed by atoms with Crippen molar-refractivity contribution in [3.63, 3.8) is 0 Å². The first-order chi connectivity index (χ1) is 20.0. The lowest BCUT2D eigenvalue weighted by Gasteiger charge is -2.09. The van der Waals surface area contributed by atoms with E-state index in [1.807, 2.05) is 34.4 Å². The summed E-state index contributed by atoms with van der Waals surface area (Å²) in [4.78, 5) is 2.76. The average molecular weight is 586 g/mol. The lowest BCUT2D eigenvalue weighted by Crippen LogP contribution is -1.99. The Morgan fingerprint density at radius 2 is 1.44 bits per heavy atom. The quantitative estimate of drug-likeness (QED) is 0.192. The van der Waals surface area contributed by atoms with Crippen molar-refractivity contribution in [2.75, 3.05) is 0 Å². The van der Waals surface area contributed by atoms with Gasteiger partial charge in [-0.25, -0.2) is 0 Å². The van der Waals surface area contributed by atoms with Crippen molar-refractivity contribution in [2.24, 2.45) is 0 Å². The maximum atomic E-state index is 6.79. The number of nitrogens with zero attached hydrogens (tertiary/aromatic N) is 1. The maximum absolute atomic E-state index is 6.79. The van der Waals surface area contributed by atoms with Crippen LogP contribution in [0.4, 0.5) is 0 Å². The number of aryl methyl sites for hydroxylation is 3. The summed E-state index contributed by atoms with van der Waals surface area (Å²) in [5.74, 6) is 0.988. The summed E-state index contributed by atoms with van der Waals surface area (Å²) in [5, 5.41) is 4.00. The monoisotopic (exact) mass is 585 g/mol. The van der Waals surface area contributed by atoms with Crippen LogP contribution in [-0.4, -0.2) is 4.57 Å². The summed E-state index contributed by atoms with van der Waals surface area (Å²) in [6, 6.07) is 26.9. The number of hydrogen-bond donors (Lipinski definition) is 0. The van der Waals surface area contributed by atoms with Crippen LogP contribution in [0, 0.1) is 20.8 Å². The Kier molecular flexibility index (Phi) is 4.34. The predicted octanol–water partition coefficient (Wildman–Crippen LogP) is 11.2. The van der Waals surface area contributed by atoms with E-state index in [-0.39, 0.29) is 11.4 Å². The van der Waals surface area contributed by atoms with E-state index in [0.29, 0.717) is 0 Å². The second-order valence-electron chi connectivity index (χ2n) is 11.5. The number of thioether (sulfide) groups is 1. The molecule has 8 aromatic rings. The van der Waals surface area contributed by atoms with Crippen molar-refractivity contribution in [2.45, 2.75) is 37.0 Å². The molecule has 0 saturated heterocycles. The number of ether oxygens (including phenoxy) is 1. The summed E-state index contributed by atoms with van der Waals surface area (Å²) < 4.78 is 19.8. The van der Waals surface area contributed by atoms with Gasteiger partial charge in [0.25, 0.3) is 0 Å². The van der Waals surface area contributed by atoms with Gasteiger partial charge in [-0.15, -0.1) is 34.4 Å². The number of rotatable bonds is 1. The molecule has 2 atom stereocenters. The first-order valence-corrected chi connectivity index (χ1v) is 16.4. The summed E-state index contributed by atoms with van der Waals surface area (Å²) in [5.41, 5.74) is 10.5. The van der Waals surface area contributed by atoms with Crippen LogP contribution in [0.15, 0.2) is 82.1 Å². The third kappa shape index (κ3) is 2.95. The van der Waals surface area contributed by atoms with E-state index >= 15 is 0 Å². The van der Waals surface area contributed by atoms with Gasteiger partial charge in [-0.1, -0.05) is 42.0 Å². The van der Waals surface area contributed by atoms with Gasteiger partial charge in [0.1, 0.15) is 16.8 Å². The van der Waals surface area contributed by atoms with Gasteiger partial charge in [0, 0.05) is 41.7 Å². The lowest BCUT2D eigenvalue weighted by atomic mass is 10.1. The molecule has 0 aliphatic carbocycles. The van der Waals surface area contributed by atoms with Crippen LogP contribution in [0.3, 0.4) is 0 Å². The number of thiophene rings is 2. The van der Waals surface area contributed by atoms with E-state index in [2.05, 4.69) is 98.1 Å². The maximum Gasteiger partial charge on any atom is 0.171 e. The fourth-order valence-corrected chi connectivity index (χ4v) is 11.1. The molecule has 2 unspecified atom stereocenters. The van der Waals surface area contributed by atoms with E-state index in [9.17, 15) is 0 Å². The minimum atomic E-state index is 0.0595. The molecule has 0 amide bonds. The first-order valence-electron chi connectivity index (χ1n) is 13.9. The predicted molar refractivity (Wildman–Crippen MR) is 174 cm³/mol. The molecule has 2 aliphatic heterocycles. The molecule has 0 bridgehead atoms. The molecule has 0 radical (unpaired) electrons. The Bertz CT molecular complexity index is 2420. The van der Waals surface area contributed by atoms with Gasteiger partial charge in [-0.3, -0.25) is 0 Å². The van der Waals surface area contributed by atoms with Gasteiger partial charge < -0.3 is 13.7 Å². The highest BCUT2D eigenvalue weighted by atomic mass is 32.2. The largest absolute Gasteiger partial charge is 0.483 e. The zero-order valence-corrected chi connectivity index (χ0v) is 25.0. The highest BCUT2D eigenvalue weighted by Gasteiger charge is 2.45. The van der Waals surface area contributed by atoms with E-state index < -0.39 is 0 Å². The van der Waals surface area contributed by atoms with E-state index in [1.54, 1.807) is 0 Å². The van der Waals surface area contributed by atoms with Gasteiger partial charge in [0.05, 0.1) is 20.3 Å². The topological polar surface area (TPSA) is 27.3 Å². The van der Waals surface area contributed by atoms with Crippen molar-refractivity contribution >= 4 is 86.9 Å². The summed E-state index contributed by atoms with van der Waals surface area (Å²) >= 11 is 5.68. The van der Waals surface area contributed by atoms with Crippen molar-refractivity contribution in [3.05, 3.63) is 99.9 Å². The summed E-state index contributed by atoms with van der Waals surface area (Å²) in [6.07, 6.45) is 0.0595. The Morgan fingerprint density at radius 1 is 0.707 bits per heavy atom. The normalized spacial score (nSPS) is 17.7. The molecule has 4 aromatic carbocycles. The Balaban J connectivity index is 1.22. The second-order valence-corrected chi connectivity index (χ2v) is 14.8. The Hall–Kier alpha value is -3.71. The van der Waals surface area contributed by atoms with Crippen molar-refractivity contribution in [3.8, 4) is 11.4 Å². The number of aromatic nitrogens is 1. The van der Waals surface area contributed by atoms with E-state index in [4.69, 9.17) is 9.15 Å². The van der Waals surface area contributed by atoms with Crippen molar-refractivity contribution < 1.29 is 9.15 Å². The highest BCUT2D eigenvalue weighted by Crippen LogP contribution is 2.65. The molecule has 198 valence electrons. The summed E-state index contributed by atoms with van der Waals surface area (Å²) in [7, 11) is 0. The standard InChI is InChI=1S/C35H23NO2S3/c1-16-4-8-19(9-5-16)36-28-22-14-25-23(32-31(38-25)35-33(41-32)21-11-7-18(3)13-27(21)40-35)15-24(22)37-30(28)34-29(36)20-10-6-17(2)12-26(20)39-34/h4-15,31-32H,1-3H3. The molecule has 3 nitrogen and oxygen atoms in total. The van der Waals surface area contributed by atoms with Crippen molar-refractivity contribution in [1.29, 1.82) is 0 Å². The van der Waals surface area contributed by atoms with Crippen LogP contribution in [0.1, 0.15) is 38.5 Å². The van der Waals surface area contributed by atoms with Gasteiger partial charge in [0.15, 0.2) is 11.7 Å². The molecule has 10 rings (SSSR count). The van der Waals surface area contributed by atoms with Crippen LogP contribution < -0.4 is 4.74 Å². The van der Waals surface area contributed by atoms with E-state index in [1.165, 1.54) is 62.4 Å². The summed E-state index contributed by atoms with van der Waals surface area (Å²) in [6.45, 7) is 6.46. The zero-order chi connectivity index (χ0) is 27.1. The minimum absolute atomic E-state index is 0.0595. The molecule has 0 saturated carbocycles. The molecule has 0 N–H and O–H groups in total. The van der Waals surface area contributed by atoms with Crippen LogP contribution in [-0.2, 0) is 0 Å². The molecule has 0 fully saturated rings. The molecule has 4 aromatic heterocycles. The molecule has 41 heavy (non-hydrogen) atoms.